The molecule has 0 saturated carbocycles. The molecule has 1 rings (SSSR count). The summed E-state index contributed by atoms with van der Waals surface area (Å²) in [6, 6.07) is 11.9. The Morgan fingerprint density at radius 2 is 2.06 bits per heavy atom. The fraction of sp³-hybridized carbons (Fsp3) is 0.429. The van der Waals surface area contributed by atoms with Gasteiger partial charge in [-0.3, -0.25) is 4.79 Å². The zero-order valence-electron chi connectivity index (χ0n) is 10.7. The van der Waals surface area contributed by atoms with E-state index in [0.717, 1.165) is 5.56 Å². The van der Waals surface area contributed by atoms with Gasteiger partial charge in [0.2, 0.25) is 5.91 Å². The molecule has 3 nitrogen and oxygen atoms in total. The number of nitriles is 1. The zero-order chi connectivity index (χ0) is 13.5. The molecular weight excluding hydrogens is 244 g/mol. The molecule has 0 spiro atoms. The maximum atomic E-state index is 12.0. The number of amides is 1. The Morgan fingerprint density at radius 3 is 2.61 bits per heavy atom. The standard InChI is InChI=1S/C14H18N2OS/c1-11(9-15)10-16(2)14(17)13(18)8-12-6-4-3-5-7-12/h3-7,11,13,18H,8,10H2,1-2H3. The largest absolute Gasteiger partial charge is 0.343 e. The molecule has 0 heterocycles. The lowest BCUT2D eigenvalue weighted by atomic mass is 10.1. The van der Waals surface area contributed by atoms with Crippen LogP contribution in [0.3, 0.4) is 0 Å². The summed E-state index contributed by atoms with van der Waals surface area (Å²) < 4.78 is 0. The van der Waals surface area contributed by atoms with E-state index in [2.05, 4.69) is 18.7 Å². The highest BCUT2D eigenvalue weighted by molar-refractivity contribution is 7.81. The van der Waals surface area contributed by atoms with Crippen LogP contribution in [0.1, 0.15) is 12.5 Å². The SMILES string of the molecule is CC(C#N)CN(C)C(=O)C(S)Cc1ccccc1. The van der Waals surface area contributed by atoms with E-state index >= 15 is 0 Å². The number of nitrogens with zero attached hydrogens (tertiary/aromatic N) is 2. The minimum Gasteiger partial charge on any atom is -0.343 e. The molecule has 0 aliphatic carbocycles. The average molecular weight is 262 g/mol. The predicted octanol–water partition coefficient (Wildman–Crippen LogP) is 2.15. The molecule has 0 aliphatic heterocycles. The van der Waals surface area contributed by atoms with Crippen LogP contribution in [0.25, 0.3) is 0 Å². The highest BCUT2D eigenvalue weighted by atomic mass is 32.1. The first-order valence-corrected chi connectivity index (χ1v) is 6.42. The van der Waals surface area contributed by atoms with Crippen molar-refractivity contribution in [3.63, 3.8) is 0 Å². The molecule has 1 aromatic rings. The van der Waals surface area contributed by atoms with Crippen LogP contribution >= 0.6 is 12.6 Å². The van der Waals surface area contributed by atoms with Crippen LogP contribution in [0, 0.1) is 17.2 Å². The number of carbonyl (C=O) groups is 1. The topological polar surface area (TPSA) is 44.1 Å². The van der Waals surface area contributed by atoms with Crippen LogP contribution in [0.2, 0.25) is 0 Å². The van der Waals surface area contributed by atoms with E-state index in [1.54, 1.807) is 18.9 Å². The van der Waals surface area contributed by atoms with Gasteiger partial charge in [0.15, 0.2) is 0 Å². The van der Waals surface area contributed by atoms with Crippen LogP contribution in [0.15, 0.2) is 30.3 Å². The summed E-state index contributed by atoms with van der Waals surface area (Å²) in [5.41, 5.74) is 1.09. The van der Waals surface area contributed by atoms with Crippen molar-refractivity contribution in [2.45, 2.75) is 18.6 Å². The maximum absolute atomic E-state index is 12.0. The molecule has 0 aromatic heterocycles. The van der Waals surface area contributed by atoms with Gasteiger partial charge in [-0.1, -0.05) is 30.3 Å². The maximum Gasteiger partial charge on any atom is 0.235 e. The van der Waals surface area contributed by atoms with Crippen molar-refractivity contribution in [2.75, 3.05) is 13.6 Å². The Morgan fingerprint density at radius 1 is 1.44 bits per heavy atom. The number of hydrogen-bond donors (Lipinski definition) is 1. The highest BCUT2D eigenvalue weighted by Gasteiger charge is 2.19. The molecule has 0 fully saturated rings. The molecule has 0 bridgehead atoms. The average Bonchev–Trinajstić information content (AvgIpc) is 2.38. The van der Waals surface area contributed by atoms with E-state index < -0.39 is 0 Å². The third kappa shape index (κ3) is 4.42. The number of hydrogen-bond acceptors (Lipinski definition) is 3. The Hall–Kier alpha value is -1.47. The van der Waals surface area contributed by atoms with Crippen molar-refractivity contribution >= 4 is 18.5 Å². The first-order valence-electron chi connectivity index (χ1n) is 5.91. The molecule has 0 aliphatic rings. The molecule has 2 atom stereocenters. The summed E-state index contributed by atoms with van der Waals surface area (Å²) in [7, 11) is 1.71. The monoisotopic (exact) mass is 262 g/mol. The molecule has 0 N–H and O–H groups in total. The third-order valence-electron chi connectivity index (χ3n) is 2.70. The number of benzene rings is 1. The lowest BCUT2D eigenvalue weighted by Gasteiger charge is -2.21. The van der Waals surface area contributed by atoms with Gasteiger partial charge in [0.1, 0.15) is 0 Å². The van der Waals surface area contributed by atoms with Crippen molar-refractivity contribution in [2.24, 2.45) is 5.92 Å². The van der Waals surface area contributed by atoms with Crippen LogP contribution in [0.4, 0.5) is 0 Å². The normalized spacial score (nSPS) is 13.4. The highest BCUT2D eigenvalue weighted by Crippen LogP contribution is 2.11. The molecule has 96 valence electrons. The van der Waals surface area contributed by atoms with Crippen molar-refractivity contribution in [3.05, 3.63) is 35.9 Å². The minimum atomic E-state index is -0.358. The van der Waals surface area contributed by atoms with Crippen LogP contribution in [-0.4, -0.2) is 29.6 Å². The van der Waals surface area contributed by atoms with E-state index in [1.807, 2.05) is 30.3 Å². The summed E-state index contributed by atoms with van der Waals surface area (Å²) in [6.45, 7) is 2.25. The van der Waals surface area contributed by atoms with Gasteiger partial charge < -0.3 is 4.90 Å². The quantitative estimate of drug-likeness (QED) is 0.826. The van der Waals surface area contributed by atoms with Crippen LogP contribution in [-0.2, 0) is 11.2 Å². The summed E-state index contributed by atoms with van der Waals surface area (Å²) in [5, 5.41) is 8.37. The van der Waals surface area contributed by atoms with Gasteiger partial charge in [-0.25, -0.2) is 0 Å². The fourth-order valence-electron chi connectivity index (χ4n) is 1.72. The van der Waals surface area contributed by atoms with E-state index in [-0.39, 0.29) is 17.1 Å². The summed E-state index contributed by atoms with van der Waals surface area (Å²) in [4.78, 5) is 13.6. The second-order valence-corrected chi connectivity index (χ2v) is 5.08. The smallest absolute Gasteiger partial charge is 0.235 e. The van der Waals surface area contributed by atoms with Gasteiger partial charge in [0.25, 0.3) is 0 Å². The van der Waals surface area contributed by atoms with E-state index in [0.29, 0.717) is 13.0 Å². The Balaban J connectivity index is 2.54. The molecule has 18 heavy (non-hydrogen) atoms. The Bertz CT molecular complexity index is 427. The first kappa shape index (κ1) is 14.6. The van der Waals surface area contributed by atoms with Crippen LogP contribution < -0.4 is 0 Å². The van der Waals surface area contributed by atoms with Gasteiger partial charge in [-0.05, 0) is 18.9 Å². The predicted molar refractivity (Wildman–Crippen MR) is 75.3 cm³/mol. The molecule has 0 radical (unpaired) electrons. The first-order chi connectivity index (χ1) is 8.54. The Labute approximate surface area is 114 Å². The summed E-state index contributed by atoms with van der Waals surface area (Å²) in [5.74, 6) is -0.194. The van der Waals surface area contributed by atoms with Crippen molar-refractivity contribution < 1.29 is 4.79 Å². The van der Waals surface area contributed by atoms with Gasteiger partial charge in [-0.15, -0.1) is 0 Å². The third-order valence-corrected chi connectivity index (χ3v) is 3.10. The zero-order valence-corrected chi connectivity index (χ0v) is 11.6. The van der Waals surface area contributed by atoms with Gasteiger partial charge >= 0.3 is 0 Å². The second kappa shape index (κ2) is 7.07. The number of carbonyl (C=O) groups excluding carboxylic acids is 1. The molecule has 1 aromatic carbocycles. The fourth-order valence-corrected chi connectivity index (χ4v) is 2.13. The van der Waals surface area contributed by atoms with Crippen LogP contribution in [0.5, 0.6) is 0 Å². The summed E-state index contributed by atoms with van der Waals surface area (Å²) in [6.07, 6.45) is 0.605. The van der Waals surface area contributed by atoms with Crippen molar-refractivity contribution in [1.29, 1.82) is 5.26 Å². The van der Waals surface area contributed by atoms with E-state index in [9.17, 15) is 4.79 Å². The second-order valence-electron chi connectivity index (χ2n) is 4.45. The van der Waals surface area contributed by atoms with Crippen molar-refractivity contribution in [1.82, 2.24) is 4.90 Å². The van der Waals surface area contributed by atoms with E-state index in [4.69, 9.17) is 5.26 Å². The van der Waals surface area contributed by atoms with Crippen molar-refractivity contribution in [3.8, 4) is 6.07 Å². The molecule has 4 heteroatoms. The lowest BCUT2D eigenvalue weighted by Crippen LogP contribution is -2.37. The number of thiol groups is 1. The molecule has 1 amide bonds. The lowest BCUT2D eigenvalue weighted by molar-refractivity contribution is -0.129. The summed E-state index contributed by atoms with van der Waals surface area (Å²) >= 11 is 4.35. The molecule has 2 unspecified atom stereocenters. The van der Waals surface area contributed by atoms with Gasteiger partial charge in [-0.2, -0.15) is 17.9 Å². The minimum absolute atomic E-state index is 0.0377. The Kier molecular flexibility index (Phi) is 5.73. The molecular formula is C14H18N2OS. The number of rotatable bonds is 5. The molecule has 0 saturated heterocycles. The van der Waals surface area contributed by atoms with Gasteiger partial charge in [0.05, 0.1) is 17.2 Å². The van der Waals surface area contributed by atoms with E-state index in [1.165, 1.54) is 0 Å². The van der Waals surface area contributed by atoms with Gasteiger partial charge in [0, 0.05) is 13.6 Å².